The van der Waals surface area contributed by atoms with Crippen LogP contribution in [0.5, 0.6) is 0 Å². The van der Waals surface area contributed by atoms with Crippen LogP contribution >= 0.6 is 0 Å². The molecule has 0 aromatic rings. The maximum absolute atomic E-state index is 5.76. The predicted octanol–water partition coefficient (Wildman–Crippen LogP) is 2.08. The zero-order valence-electron chi connectivity index (χ0n) is 6.72. The van der Waals surface area contributed by atoms with Gasteiger partial charge in [0.2, 0.25) is 0 Å². The normalized spacial score (nSPS) is 33.8. The van der Waals surface area contributed by atoms with Gasteiger partial charge in [0, 0.05) is 6.04 Å². The van der Waals surface area contributed by atoms with Crippen LogP contribution in [0, 0.1) is 5.92 Å². The highest BCUT2D eigenvalue weighted by atomic mass is 14.6. The maximum Gasteiger partial charge on any atom is 0.0223 e. The van der Waals surface area contributed by atoms with E-state index in [1.54, 1.807) is 0 Å². The van der Waals surface area contributed by atoms with E-state index in [0.29, 0.717) is 6.04 Å². The minimum Gasteiger partial charge on any atom is -0.324 e. The molecule has 0 amide bonds. The number of rotatable bonds is 1. The number of hydrogen-bond acceptors (Lipinski definition) is 1. The van der Waals surface area contributed by atoms with Gasteiger partial charge in [-0.1, -0.05) is 25.5 Å². The first-order valence-electron chi connectivity index (χ1n) is 4.27. The molecule has 10 heavy (non-hydrogen) atoms. The van der Waals surface area contributed by atoms with Gasteiger partial charge in [-0.15, -0.1) is 0 Å². The summed E-state index contributed by atoms with van der Waals surface area (Å²) in [6.07, 6.45) is 9.53. The molecule has 0 radical (unpaired) electrons. The van der Waals surface area contributed by atoms with Gasteiger partial charge < -0.3 is 5.73 Å². The Morgan fingerprint density at radius 3 is 2.90 bits per heavy atom. The molecule has 58 valence electrons. The van der Waals surface area contributed by atoms with Gasteiger partial charge in [-0.25, -0.2) is 0 Å². The summed E-state index contributed by atoms with van der Waals surface area (Å²) in [5.74, 6) is 0.800. The largest absolute Gasteiger partial charge is 0.324 e. The molecular formula is C9H17N. The molecule has 0 heterocycles. The van der Waals surface area contributed by atoms with Gasteiger partial charge in [0.15, 0.2) is 0 Å². The van der Waals surface area contributed by atoms with Crippen molar-refractivity contribution in [1.29, 1.82) is 0 Å². The lowest BCUT2D eigenvalue weighted by atomic mass is 10.0. The van der Waals surface area contributed by atoms with Crippen molar-refractivity contribution in [1.82, 2.24) is 0 Å². The van der Waals surface area contributed by atoms with E-state index in [0.717, 1.165) is 5.92 Å². The number of allylic oxidation sites excluding steroid dienone is 1. The lowest BCUT2D eigenvalue weighted by molar-refractivity contribution is 0.537. The predicted molar refractivity (Wildman–Crippen MR) is 44.7 cm³/mol. The van der Waals surface area contributed by atoms with Crippen LogP contribution in [0.4, 0.5) is 0 Å². The van der Waals surface area contributed by atoms with Gasteiger partial charge in [0.1, 0.15) is 0 Å². The third kappa shape index (κ3) is 2.14. The average Bonchev–Trinajstić information content (AvgIpc) is 2.14. The van der Waals surface area contributed by atoms with E-state index in [2.05, 4.69) is 19.1 Å². The molecular weight excluding hydrogens is 122 g/mol. The third-order valence-corrected chi connectivity index (χ3v) is 2.27. The number of hydrogen-bond donors (Lipinski definition) is 1. The highest BCUT2D eigenvalue weighted by Crippen LogP contribution is 2.18. The van der Waals surface area contributed by atoms with Crippen LogP contribution in [0.1, 0.15) is 32.6 Å². The molecule has 0 fully saturated rings. The van der Waals surface area contributed by atoms with Crippen LogP contribution in [-0.2, 0) is 0 Å². The molecule has 1 aliphatic rings. The molecule has 1 aliphatic carbocycles. The summed E-state index contributed by atoms with van der Waals surface area (Å²) in [6.45, 7) is 2.24. The van der Waals surface area contributed by atoms with Crippen LogP contribution in [-0.4, -0.2) is 6.04 Å². The summed E-state index contributed by atoms with van der Waals surface area (Å²) in [5.41, 5.74) is 5.76. The minimum absolute atomic E-state index is 0.330. The van der Waals surface area contributed by atoms with E-state index < -0.39 is 0 Å². The first-order valence-corrected chi connectivity index (χ1v) is 4.27. The lowest BCUT2D eigenvalue weighted by Gasteiger charge is -2.04. The van der Waals surface area contributed by atoms with Crippen LogP contribution < -0.4 is 5.73 Å². The summed E-state index contributed by atoms with van der Waals surface area (Å²) in [6, 6.07) is 0.330. The van der Waals surface area contributed by atoms with Gasteiger partial charge in [-0.2, -0.15) is 0 Å². The molecule has 1 nitrogen and oxygen atoms in total. The molecule has 0 bridgehead atoms. The van der Waals surface area contributed by atoms with E-state index in [1.165, 1.54) is 25.7 Å². The Balaban J connectivity index is 2.42. The Kier molecular flexibility index (Phi) is 2.94. The third-order valence-electron chi connectivity index (χ3n) is 2.27. The molecule has 2 atom stereocenters. The summed E-state index contributed by atoms with van der Waals surface area (Å²) >= 11 is 0. The monoisotopic (exact) mass is 139 g/mol. The second-order valence-electron chi connectivity index (χ2n) is 3.15. The SMILES string of the molecule is CCC1C=CC(N)CCC1. The topological polar surface area (TPSA) is 26.0 Å². The van der Waals surface area contributed by atoms with Crippen molar-refractivity contribution in [3.8, 4) is 0 Å². The summed E-state index contributed by atoms with van der Waals surface area (Å²) in [4.78, 5) is 0. The second-order valence-corrected chi connectivity index (χ2v) is 3.15. The molecule has 0 aliphatic heterocycles. The fourth-order valence-corrected chi connectivity index (χ4v) is 1.45. The zero-order valence-corrected chi connectivity index (χ0v) is 6.72. The fraction of sp³-hybridized carbons (Fsp3) is 0.778. The molecule has 1 rings (SSSR count). The van der Waals surface area contributed by atoms with E-state index in [-0.39, 0.29) is 0 Å². The van der Waals surface area contributed by atoms with Crippen molar-refractivity contribution < 1.29 is 0 Å². The summed E-state index contributed by atoms with van der Waals surface area (Å²) in [7, 11) is 0. The standard InChI is InChI=1S/C9H17N/c1-2-8-4-3-5-9(10)7-6-8/h6-9H,2-5,10H2,1H3. The Labute approximate surface area is 63.3 Å². The van der Waals surface area contributed by atoms with E-state index >= 15 is 0 Å². The zero-order chi connectivity index (χ0) is 7.40. The van der Waals surface area contributed by atoms with Gasteiger partial charge >= 0.3 is 0 Å². The Morgan fingerprint density at radius 1 is 1.40 bits per heavy atom. The second kappa shape index (κ2) is 3.77. The van der Waals surface area contributed by atoms with Crippen LogP contribution in [0.25, 0.3) is 0 Å². The van der Waals surface area contributed by atoms with Gasteiger partial charge in [0.25, 0.3) is 0 Å². The Morgan fingerprint density at radius 2 is 2.20 bits per heavy atom. The van der Waals surface area contributed by atoms with Crippen molar-refractivity contribution in [2.24, 2.45) is 11.7 Å². The molecule has 0 aromatic carbocycles. The molecule has 2 unspecified atom stereocenters. The van der Waals surface area contributed by atoms with Crippen molar-refractivity contribution in [2.75, 3.05) is 0 Å². The maximum atomic E-state index is 5.76. The average molecular weight is 139 g/mol. The lowest BCUT2D eigenvalue weighted by Crippen LogP contribution is -2.14. The van der Waals surface area contributed by atoms with Gasteiger partial charge in [-0.3, -0.25) is 0 Å². The Bertz CT molecular complexity index is 118. The first kappa shape index (κ1) is 7.80. The van der Waals surface area contributed by atoms with Gasteiger partial charge in [0.05, 0.1) is 0 Å². The Hall–Kier alpha value is -0.300. The molecule has 0 saturated carbocycles. The molecule has 0 spiro atoms. The number of nitrogens with two attached hydrogens (primary N) is 1. The van der Waals surface area contributed by atoms with Crippen molar-refractivity contribution in [3.63, 3.8) is 0 Å². The van der Waals surface area contributed by atoms with Crippen LogP contribution in [0.3, 0.4) is 0 Å². The van der Waals surface area contributed by atoms with Gasteiger partial charge in [-0.05, 0) is 25.2 Å². The summed E-state index contributed by atoms with van der Waals surface area (Å²) in [5, 5.41) is 0. The van der Waals surface area contributed by atoms with Crippen molar-refractivity contribution in [3.05, 3.63) is 12.2 Å². The van der Waals surface area contributed by atoms with E-state index in [4.69, 9.17) is 5.73 Å². The fourth-order valence-electron chi connectivity index (χ4n) is 1.45. The molecule has 0 aromatic heterocycles. The smallest absolute Gasteiger partial charge is 0.0223 e. The van der Waals surface area contributed by atoms with E-state index in [9.17, 15) is 0 Å². The van der Waals surface area contributed by atoms with Crippen LogP contribution in [0.2, 0.25) is 0 Å². The summed E-state index contributed by atoms with van der Waals surface area (Å²) < 4.78 is 0. The highest BCUT2D eigenvalue weighted by Gasteiger charge is 2.08. The van der Waals surface area contributed by atoms with E-state index in [1.807, 2.05) is 0 Å². The highest BCUT2D eigenvalue weighted by molar-refractivity contribution is 4.97. The minimum atomic E-state index is 0.330. The van der Waals surface area contributed by atoms with Crippen molar-refractivity contribution in [2.45, 2.75) is 38.6 Å². The molecule has 1 heteroatoms. The molecule has 2 N–H and O–H groups in total. The molecule has 0 saturated heterocycles. The quantitative estimate of drug-likeness (QED) is 0.553. The van der Waals surface area contributed by atoms with Crippen molar-refractivity contribution >= 4 is 0 Å². The van der Waals surface area contributed by atoms with Crippen LogP contribution in [0.15, 0.2) is 12.2 Å². The first-order chi connectivity index (χ1) is 4.83.